The van der Waals surface area contributed by atoms with Crippen molar-refractivity contribution in [1.82, 2.24) is 4.98 Å². The summed E-state index contributed by atoms with van der Waals surface area (Å²) < 4.78 is 0. The van der Waals surface area contributed by atoms with Crippen molar-refractivity contribution in [3.8, 4) is 0 Å². The number of carboxylic acid groups (broad SMARTS) is 1. The summed E-state index contributed by atoms with van der Waals surface area (Å²) in [5, 5.41) is 13.8. The summed E-state index contributed by atoms with van der Waals surface area (Å²) in [7, 11) is 0. The van der Waals surface area contributed by atoms with Gasteiger partial charge in [-0.2, -0.15) is 0 Å². The molecule has 0 fully saturated rings. The maximum absolute atomic E-state index is 11.9. The van der Waals surface area contributed by atoms with Gasteiger partial charge in [-0.1, -0.05) is 0 Å². The Morgan fingerprint density at radius 2 is 2.20 bits per heavy atom. The minimum absolute atomic E-state index is 0.133. The van der Waals surface area contributed by atoms with Crippen LogP contribution in [0.1, 0.15) is 21.6 Å². The van der Waals surface area contributed by atoms with E-state index in [1.54, 1.807) is 18.4 Å². The molecule has 1 aromatic carbocycles. The van der Waals surface area contributed by atoms with Gasteiger partial charge in [0.15, 0.2) is 5.13 Å². The molecule has 7 heteroatoms. The van der Waals surface area contributed by atoms with Crippen molar-refractivity contribution in [3.05, 3.63) is 40.4 Å². The molecule has 0 unspecified atom stereocenters. The molecule has 0 radical (unpaired) electrons. The van der Waals surface area contributed by atoms with Gasteiger partial charge in [-0.25, -0.2) is 9.78 Å². The van der Waals surface area contributed by atoms with E-state index in [0.29, 0.717) is 22.1 Å². The predicted octanol–water partition coefficient (Wildman–Crippen LogP) is 1.91. The van der Waals surface area contributed by atoms with Crippen LogP contribution in [0.4, 0.5) is 10.8 Å². The first-order valence-corrected chi connectivity index (χ1v) is 6.67. The van der Waals surface area contributed by atoms with Crippen molar-refractivity contribution in [2.75, 3.05) is 11.1 Å². The molecule has 20 heavy (non-hydrogen) atoms. The number of rotatable bonds is 4. The Hall–Kier alpha value is -2.41. The van der Waals surface area contributed by atoms with Crippen LogP contribution in [0.25, 0.3) is 0 Å². The number of nitrogens with two attached hydrogens (primary N) is 1. The van der Waals surface area contributed by atoms with Crippen LogP contribution < -0.4 is 11.1 Å². The van der Waals surface area contributed by atoms with Crippen molar-refractivity contribution < 1.29 is 14.7 Å². The van der Waals surface area contributed by atoms with Crippen LogP contribution in [-0.2, 0) is 11.2 Å². The first-order valence-electron chi connectivity index (χ1n) is 5.79. The Bertz CT molecular complexity index is 667. The number of carboxylic acids is 1. The van der Waals surface area contributed by atoms with Gasteiger partial charge in [0.25, 0.3) is 0 Å². The minimum atomic E-state index is -0.996. The van der Waals surface area contributed by atoms with Gasteiger partial charge in [-0.3, -0.25) is 4.79 Å². The summed E-state index contributed by atoms with van der Waals surface area (Å²) in [6.45, 7) is 1.74. The van der Waals surface area contributed by atoms with Crippen LogP contribution in [-0.4, -0.2) is 22.0 Å². The summed E-state index contributed by atoms with van der Waals surface area (Å²) >= 11 is 1.28. The van der Waals surface area contributed by atoms with Crippen molar-refractivity contribution in [1.29, 1.82) is 0 Å². The number of nitrogens with one attached hydrogen (secondary N) is 1. The van der Waals surface area contributed by atoms with E-state index in [0.717, 1.165) is 0 Å². The number of thiazole rings is 1. The molecule has 0 atom stereocenters. The largest absolute Gasteiger partial charge is 0.478 e. The average molecular weight is 291 g/mol. The van der Waals surface area contributed by atoms with Gasteiger partial charge in [0, 0.05) is 11.1 Å². The van der Waals surface area contributed by atoms with Crippen molar-refractivity contribution >= 4 is 34.0 Å². The van der Waals surface area contributed by atoms with Crippen LogP contribution in [0.3, 0.4) is 0 Å². The second kappa shape index (κ2) is 5.70. The van der Waals surface area contributed by atoms with E-state index in [-0.39, 0.29) is 17.9 Å². The summed E-state index contributed by atoms with van der Waals surface area (Å²) in [5.74, 6) is -1.22. The highest BCUT2D eigenvalue weighted by Gasteiger charge is 2.10. The number of carbonyl (C=O) groups excluding carboxylic acids is 1. The van der Waals surface area contributed by atoms with E-state index in [2.05, 4.69) is 10.3 Å². The molecule has 1 amide bonds. The van der Waals surface area contributed by atoms with E-state index in [1.807, 2.05) is 0 Å². The van der Waals surface area contributed by atoms with Gasteiger partial charge in [0.1, 0.15) is 0 Å². The van der Waals surface area contributed by atoms with E-state index in [9.17, 15) is 9.59 Å². The molecule has 1 aromatic heterocycles. The molecule has 0 spiro atoms. The van der Waals surface area contributed by atoms with Crippen LogP contribution in [0.2, 0.25) is 0 Å². The molecular formula is C13H13N3O3S. The normalized spacial score (nSPS) is 10.2. The first-order chi connectivity index (χ1) is 9.45. The number of hydrogen-bond donors (Lipinski definition) is 3. The predicted molar refractivity (Wildman–Crippen MR) is 77.0 cm³/mol. The molecule has 2 aromatic rings. The molecule has 4 N–H and O–H groups in total. The summed E-state index contributed by atoms with van der Waals surface area (Å²) in [6.07, 6.45) is 0.133. The van der Waals surface area contributed by atoms with Gasteiger partial charge < -0.3 is 16.2 Å². The maximum Gasteiger partial charge on any atom is 0.335 e. The number of nitrogen functional groups attached to an aromatic ring is 1. The minimum Gasteiger partial charge on any atom is -0.478 e. The Morgan fingerprint density at radius 3 is 2.75 bits per heavy atom. The number of hydrogen-bond acceptors (Lipinski definition) is 5. The fraction of sp³-hybridized carbons (Fsp3) is 0.154. The topological polar surface area (TPSA) is 105 Å². The number of aromatic nitrogens is 1. The molecule has 0 aliphatic carbocycles. The summed E-state index contributed by atoms with van der Waals surface area (Å²) in [6, 6.07) is 4.54. The van der Waals surface area contributed by atoms with E-state index in [4.69, 9.17) is 10.8 Å². The number of benzene rings is 1. The molecular weight excluding hydrogens is 278 g/mol. The lowest BCUT2D eigenvalue weighted by molar-refractivity contribution is -0.115. The third-order valence-electron chi connectivity index (χ3n) is 2.66. The SMILES string of the molecule is Cc1cc(C(=O)O)ccc1NC(=O)Cc1csc(N)n1. The van der Waals surface area contributed by atoms with Crippen LogP contribution in [0.5, 0.6) is 0 Å². The lowest BCUT2D eigenvalue weighted by Gasteiger charge is -2.08. The smallest absolute Gasteiger partial charge is 0.335 e. The molecule has 104 valence electrons. The number of nitrogens with zero attached hydrogens (tertiary/aromatic N) is 1. The highest BCUT2D eigenvalue weighted by Crippen LogP contribution is 2.17. The van der Waals surface area contributed by atoms with Crippen molar-refractivity contribution in [3.63, 3.8) is 0 Å². The lowest BCUT2D eigenvalue weighted by Crippen LogP contribution is -2.15. The molecule has 6 nitrogen and oxygen atoms in total. The molecule has 0 bridgehead atoms. The standard InChI is InChI=1S/C13H13N3O3S/c1-7-4-8(12(18)19)2-3-10(7)16-11(17)5-9-6-20-13(14)15-9/h2-4,6H,5H2,1H3,(H2,14,15)(H,16,17)(H,18,19). The Morgan fingerprint density at radius 1 is 1.45 bits per heavy atom. The van der Waals surface area contributed by atoms with Crippen molar-refractivity contribution in [2.45, 2.75) is 13.3 Å². The van der Waals surface area contributed by atoms with Crippen LogP contribution >= 0.6 is 11.3 Å². The Balaban J connectivity index is 2.06. The number of aromatic carboxylic acids is 1. The number of aryl methyl sites for hydroxylation is 1. The monoisotopic (exact) mass is 291 g/mol. The maximum atomic E-state index is 11.9. The van der Waals surface area contributed by atoms with E-state index >= 15 is 0 Å². The van der Waals surface area contributed by atoms with Gasteiger partial charge in [0.05, 0.1) is 17.7 Å². The number of carbonyl (C=O) groups is 2. The van der Waals surface area contributed by atoms with Crippen molar-refractivity contribution in [2.24, 2.45) is 0 Å². The Labute approximate surface area is 119 Å². The second-order valence-electron chi connectivity index (χ2n) is 4.24. The second-order valence-corrected chi connectivity index (χ2v) is 5.13. The molecule has 0 aliphatic rings. The fourth-order valence-corrected chi connectivity index (χ4v) is 2.26. The summed E-state index contributed by atoms with van der Waals surface area (Å²) in [5.41, 5.74) is 7.58. The highest BCUT2D eigenvalue weighted by atomic mass is 32.1. The third kappa shape index (κ3) is 3.33. The molecule has 0 saturated heterocycles. The number of anilines is 2. The van der Waals surface area contributed by atoms with Gasteiger partial charge in [-0.05, 0) is 30.7 Å². The molecule has 0 aliphatic heterocycles. The number of amides is 1. The van der Waals surface area contributed by atoms with Crippen LogP contribution in [0, 0.1) is 6.92 Å². The fourth-order valence-electron chi connectivity index (χ4n) is 1.70. The first kappa shape index (κ1) is 14.0. The third-order valence-corrected chi connectivity index (χ3v) is 3.38. The van der Waals surface area contributed by atoms with Gasteiger partial charge >= 0.3 is 5.97 Å². The van der Waals surface area contributed by atoms with E-state index < -0.39 is 5.97 Å². The Kier molecular flexibility index (Phi) is 3.99. The highest BCUT2D eigenvalue weighted by molar-refractivity contribution is 7.13. The molecule has 2 rings (SSSR count). The van der Waals surface area contributed by atoms with Crippen LogP contribution in [0.15, 0.2) is 23.6 Å². The lowest BCUT2D eigenvalue weighted by atomic mass is 10.1. The zero-order chi connectivity index (χ0) is 14.7. The van der Waals surface area contributed by atoms with Gasteiger partial charge in [0.2, 0.25) is 5.91 Å². The zero-order valence-corrected chi connectivity index (χ0v) is 11.5. The molecule has 1 heterocycles. The quantitative estimate of drug-likeness (QED) is 0.798. The zero-order valence-electron chi connectivity index (χ0n) is 10.7. The molecule has 0 saturated carbocycles. The van der Waals surface area contributed by atoms with E-state index in [1.165, 1.54) is 23.5 Å². The summed E-state index contributed by atoms with van der Waals surface area (Å²) in [4.78, 5) is 26.7. The average Bonchev–Trinajstić information content (AvgIpc) is 2.77. The van der Waals surface area contributed by atoms with Gasteiger partial charge in [-0.15, -0.1) is 11.3 Å².